The fourth-order valence-electron chi connectivity index (χ4n) is 4.11. The number of carbonyl (C=O) groups is 2. The van der Waals surface area contributed by atoms with Crippen LogP contribution < -0.4 is 0 Å². The van der Waals surface area contributed by atoms with Gasteiger partial charge in [-0.15, -0.1) is 0 Å². The van der Waals surface area contributed by atoms with E-state index in [-0.39, 0.29) is 30.1 Å². The molecule has 0 aromatic heterocycles. The van der Waals surface area contributed by atoms with Gasteiger partial charge >= 0.3 is 11.9 Å². The molecule has 0 spiro atoms. The number of unbranched alkanes of at least 4 members (excludes halogenated alkanes) is 11. The van der Waals surface area contributed by atoms with E-state index in [9.17, 15) is 9.59 Å². The van der Waals surface area contributed by atoms with Gasteiger partial charge in [0.05, 0.1) is 5.92 Å². The molecule has 1 fully saturated rings. The maximum absolute atomic E-state index is 11.8. The Morgan fingerprint density at radius 2 is 1.43 bits per heavy atom. The fraction of sp³-hybridized carbons (Fsp3) is 0.917. The molecule has 0 aromatic carbocycles. The highest BCUT2D eigenvalue weighted by atomic mass is 16.6. The van der Waals surface area contributed by atoms with E-state index in [0.717, 1.165) is 25.7 Å². The molecule has 0 bridgehead atoms. The Morgan fingerprint density at radius 1 is 0.893 bits per heavy atom. The van der Waals surface area contributed by atoms with E-state index < -0.39 is 0 Å². The van der Waals surface area contributed by atoms with Crippen molar-refractivity contribution >= 4 is 11.9 Å². The summed E-state index contributed by atoms with van der Waals surface area (Å²) < 4.78 is 10.9. The van der Waals surface area contributed by atoms with Crippen LogP contribution >= 0.6 is 0 Å². The van der Waals surface area contributed by atoms with Gasteiger partial charge in [0.2, 0.25) is 0 Å². The molecule has 0 N–H and O–H groups in total. The molecule has 1 aliphatic heterocycles. The van der Waals surface area contributed by atoms with Gasteiger partial charge in [-0.25, -0.2) is 0 Å². The smallest absolute Gasteiger partial charge is 0.313 e. The summed E-state index contributed by atoms with van der Waals surface area (Å²) >= 11 is 0. The van der Waals surface area contributed by atoms with Crippen LogP contribution in [-0.4, -0.2) is 24.1 Å². The summed E-state index contributed by atoms with van der Waals surface area (Å²) in [6.45, 7) is 5.91. The van der Waals surface area contributed by atoms with Gasteiger partial charge in [0.25, 0.3) is 0 Å². The first kappa shape index (κ1) is 25.0. The molecule has 3 atom stereocenters. The van der Waals surface area contributed by atoms with Crippen molar-refractivity contribution in [1.82, 2.24) is 0 Å². The summed E-state index contributed by atoms with van der Waals surface area (Å²) in [5.74, 6) is -0.282. The van der Waals surface area contributed by atoms with E-state index in [0.29, 0.717) is 6.42 Å². The number of esters is 2. The first-order valence-corrected chi connectivity index (χ1v) is 12.0. The maximum atomic E-state index is 11.8. The summed E-state index contributed by atoms with van der Waals surface area (Å²) in [5, 5.41) is 0. The molecule has 1 rings (SSSR count). The monoisotopic (exact) mass is 396 g/mol. The number of rotatable bonds is 18. The molecule has 1 heterocycles. The number of carbonyl (C=O) groups excluding carboxylic acids is 2. The van der Waals surface area contributed by atoms with Gasteiger partial charge in [-0.05, 0) is 19.3 Å². The standard InChI is InChI=1S/C24H44O4/c1-4-6-8-10-11-12-13-14-15-17-21(27-20(3)25)19-23-22(24(26)28-23)18-16-9-7-5-2/h21-23H,4-19H2,1-3H3/t21-,22-,23-/m0/s1. The summed E-state index contributed by atoms with van der Waals surface area (Å²) in [4.78, 5) is 23.3. The minimum absolute atomic E-state index is 0.0121. The average Bonchev–Trinajstić information content (AvgIpc) is 2.65. The second-order valence-corrected chi connectivity index (χ2v) is 8.52. The van der Waals surface area contributed by atoms with Crippen molar-refractivity contribution in [2.75, 3.05) is 0 Å². The Labute approximate surface area is 173 Å². The van der Waals surface area contributed by atoms with Crippen molar-refractivity contribution in [3.63, 3.8) is 0 Å². The summed E-state index contributed by atoms with van der Waals surface area (Å²) in [7, 11) is 0. The minimum atomic E-state index is -0.230. The van der Waals surface area contributed by atoms with Crippen molar-refractivity contribution in [2.24, 2.45) is 5.92 Å². The molecule has 28 heavy (non-hydrogen) atoms. The lowest BCUT2D eigenvalue weighted by atomic mass is 9.86. The predicted octanol–water partition coefficient (Wildman–Crippen LogP) is 6.74. The predicted molar refractivity (Wildman–Crippen MR) is 114 cm³/mol. The van der Waals surface area contributed by atoms with Crippen molar-refractivity contribution < 1.29 is 19.1 Å². The largest absolute Gasteiger partial charge is 0.462 e. The number of cyclic esters (lactones) is 1. The summed E-state index contributed by atoms with van der Waals surface area (Å²) in [6, 6.07) is 0. The third-order valence-corrected chi connectivity index (χ3v) is 5.85. The van der Waals surface area contributed by atoms with E-state index in [1.54, 1.807) is 0 Å². The van der Waals surface area contributed by atoms with Gasteiger partial charge in [-0.3, -0.25) is 9.59 Å². The zero-order valence-corrected chi connectivity index (χ0v) is 18.7. The molecule has 0 radical (unpaired) electrons. The third kappa shape index (κ3) is 11.1. The molecular weight excluding hydrogens is 352 g/mol. The highest BCUT2D eigenvalue weighted by Gasteiger charge is 2.43. The number of hydrogen-bond donors (Lipinski definition) is 0. The number of ether oxygens (including phenoxy) is 2. The third-order valence-electron chi connectivity index (χ3n) is 5.85. The van der Waals surface area contributed by atoms with Crippen LogP contribution in [0.15, 0.2) is 0 Å². The topological polar surface area (TPSA) is 52.6 Å². The van der Waals surface area contributed by atoms with E-state index in [4.69, 9.17) is 9.47 Å². The van der Waals surface area contributed by atoms with Crippen LogP contribution in [-0.2, 0) is 19.1 Å². The average molecular weight is 397 g/mol. The van der Waals surface area contributed by atoms with Gasteiger partial charge in [0, 0.05) is 13.3 Å². The highest BCUT2D eigenvalue weighted by Crippen LogP contribution is 2.32. The van der Waals surface area contributed by atoms with Gasteiger partial charge in [-0.2, -0.15) is 0 Å². The van der Waals surface area contributed by atoms with E-state index in [1.807, 2.05) is 0 Å². The lowest BCUT2D eigenvalue weighted by molar-refractivity contribution is -0.190. The van der Waals surface area contributed by atoms with Gasteiger partial charge in [0.1, 0.15) is 12.2 Å². The molecule has 0 saturated carbocycles. The Morgan fingerprint density at radius 3 is 1.96 bits per heavy atom. The number of hydrogen-bond acceptors (Lipinski definition) is 4. The Kier molecular flexibility index (Phi) is 14.1. The zero-order valence-electron chi connectivity index (χ0n) is 18.7. The summed E-state index contributed by atoms with van der Waals surface area (Å²) in [6.07, 6.45) is 18.5. The lowest BCUT2D eigenvalue weighted by Gasteiger charge is -2.37. The highest BCUT2D eigenvalue weighted by molar-refractivity contribution is 5.78. The normalized spacial score (nSPS) is 19.8. The SMILES string of the molecule is CCCCCCCCCCC[C@@H](C[C@@H]1OC(=O)[C@H]1CCCCCC)OC(C)=O. The van der Waals surface area contributed by atoms with Crippen LogP contribution in [0.4, 0.5) is 0 Å². The molecule has 1 aliphatic rings. The molecular formula is C24H44O4. The van der Waals surface area contributed by atoms with Crippen molar-refractivity contribution in [1.29, 1.82) is 0 Å². The van der Waals surface area contributed by atoms with Crippen LogP contribution in [0.3, 0.4) is 0 Å². The Balaban J connectivity index is 2.23. The van der Waals surface area contributed by atoms with Crippen LogP contribution in [0, 0.1) is 5.92 Å². The minimum Gasteiger partial charge on any atom is -0.462 e. The van der Waals surface area contributed by atoms with Gasteiger partial charge in [-0.1, -0.05) is 90.9 Å². The Bertz CT molecular complexity index is 421. The van der Waals surface area contributed by atoms with Gasteiger partial charge in [0.15, 0.2) is 0 Å². The van der Waals surface area contributed by atoms with Crippen LogP contribution in [0.25, 0.3) is 0 Å². The molecule has 0 aromatic rings. The molecule has 4 nitrogen and oxygen atoms in total. The fourth-order valence-corrected chi connectivity index (χ4v) is 4.11. The van der Waals surface area contributed by atoms with Crippen LogP contribution in [0.2, 0.25) is 0 Å². The van der Waals surface area contributed by atoms with Crippen LogP contribution in [0.5, 0.6) is 0 Å². The molecule has 1 saturated heterocycles. The van der Waals surface area contributed by atoms with Crippen molar-refractivity contribution in [3.05, 3.63) is 0 Å². The lowest BCUT2D eigenvalue weighted by Crippen LogP contribution is -2.47. The van der Waals surface area contributed by atoms with Gasteiger partial charge < -0.3 is 9.47 Å². The van der Waals surface area contributed by atoms with E-state index >= 15 is 0 Å². The van der Waals surface area contributed by atoms with E-state index in [2.05, 4.69) is 13.8 Å². The summed E-state index contributed by atoms with van der Waals surface area (Å²) in [5.41, 5.74) is 0. The van der Waals surface area contributed by atoms with Crippen LogP contribution in [0.1, 0.15) is 124 Å². The maximum Gasteiger partial charge on any atom is 0.313 e. The second kappa shape index (κ2) is 15.8. The zero-order chi connectivity index (χ0) is 20.6. The second-order valence-electron chi connectivity index (χ2n) is 8.52. The Hall–Kier alpha value is -1.06. The molecule has 0 unspecified atom stereocenters. The molecule has 0 amide bonds. The molecule has 0 aliphatic carbocycles. The van der Waals surface area contributed by atoms with E-state index in [1.165, 1.54) is 77.6 Å². The van der Waals surface area contributed by atoms with Crippen molar-refractivity contribution in [2.45, 2.75) is 136 Å². The quantitative estimate of drug-likeness (QED) is 0.190. The first-order chi connectivity index (χ1) is 13.6. The first-order valence-electron chi connectivity index (χ1n) is 12.0. The van der Waals surface area contributed by atoms with Crippen molar-refractivity contribution in [3.8, 4) is 0 Å². The molecule has 164 valence electrons. The molecule has 4 heteroatoms.